The summed E-state index contributed by atoms with van der Waals surface area (Å²) < 4.78 is 37.5. The molecule has 0 saturated carbocycles. The van der Waals surface area contributed by atoms with E-state index in [2.05, 4.69) is 15.5 Å². The van der Waals surface area contributed by atoms with E-state index < -0.39 is 26.7 Å². The molecular weight excluding hydrogens is 564 g/mol. The number of anilines is 1. The smallest absolute Gasteiger partial charge is 0.870 e. The number of hydrogen-bond acceptors (Lipinski definition) is 7. The summed E-state index contributed by atoms with van der Waals surface area (Å²) in [7, 11) is -3.10. The molecule has 13 heteroatoms. The summed E-state index contributed by atoms with van der Waals surface area (Å²) in [6.07, 6.45) is 0. The number of nitrogens with one attached hydrogen (secondary N) is 1. The summed E-state index contributed by atoms with van der Waals surface area (Å²) in [5.74, 6) is -0.989. The van der Waals surface area contributed by atoms with Crippen LogP contribution in [0.1, 0.15) is 15.9 Å². The van der Waals surface area contributed by atoms with Gasteiger partial charge in [0, 0.05) is 22.7 Å². The second-order valence-electron chi connectivity index (χ2n) is 7.82. The maximum absolute atomic E-state index is 13.4. The molecule has 0 spiro atoms. The fourth-order valence-corrected chi connectivity index (χ4v) is 4.84. The van der Waals surface area contributed by atoms with Gasteiger partial charge in [0.1, 0.15) is 10.6 Å². The van der Waals surface area contributed by atoms with E-state index in [0.29, 0.717) is 27.2 Å². The summed E-state index contributed by atoms with van der Waals surface area (Å²) in [6, 6.07) is 15.3. The van der Waals surface area contributed by atoms with E-state index in [0.717, 1.165) is 6.07 Å². The third-order valence-corrected chi connectivity index (χ3v) is 7.29. The molecule has 38 heavy (non-hydrogen) atoms. The molecule has 2 N–H and O–H groups in total. The van der Waals surface area contributed by atoms with Crippen molar-refractivity contribution in [3.63, 3.8) is 0 Å². The van der Waals surface area contributed by atoms with Crippen LogP contribution in [0.5, 0.6) is 11.5 Å². The number of rotatable bonds is 6. The zero-order chi connectivity index (χ0) is 26.9. The molecule has 1 amide bonds. The van der Waals surface area contributed by atoms with Gasteiger partial charge in [-0.25, -0.2) is 0 Å². The average Bonchev–Trinajstić information content (AvgIpc) is 2.85. The fourth-order valence-electron chi connectivity index (χ4n) is 3.57. The average molecular weight is 582 g/mol. The molecule has 4 aromatic carbocycles. The van der Waals surface area contributed by atoms with E-state index in [1.54, 1.807) is 36.4 Å². The molecule has 0 fully saturated rings. The Morgan fingerprint density at radius 2 is 1.76 bits per heavy atom. The van der Waals surface area contributed by atoms with Crippen molar-refractivity contribution in [3.05, 3.63) is 81.8 Å². The van der Waals surface area contributed by atoms with Crippen molar-refractivity contribution in [2.75, 3.05) is 12.4 Å². The van der Waals surface area contributed by atoms with Crippen LogP contribution in [-0.2, 0) is 10.1 Å². The van der Waals surface area contributed by atoms with Crippen LogP contribution in [0.3, 0.4) is 0 Å². The third kappa shape index (κ3) is 6.13. The van der Waals surface area contributed by atoms with Gasteiger partial charge >= 0.3 is 29.6 Å². The van der Waals surface area contributed by atoms with Crippen LogP contribution in [-0.4, -0.2) is 26.0 Å². The Balaban J connectivity index is 0.00000400. The first-order valence-corrected chi connectivity index (χ1v) is 12.8. The first kappa shape index (κ1) is 29.9. The fraction of sp³-hybridized carbons (Fsp3) is 0.0800. The molecule has 9 nitrogen and oxygen atoms in total. The number of fused-ring (bicyclic) bond motifs is 1. The number of ether oxygens (including phenoxy) is 1. The van der Waals surface area contributed by atoms with Crippen molar-refractivity contribution in [3.8, 4) is 11.5 Å². The SMILES string of the molecule is COc1cc(NC(=O)c2cc3ccccc3c(N=Nc3ccc(S(=O)(=O)O)c(Cl)c3C)c2[O-])ccc1Cl.[Na+]. The second-order valence-corrected chi connectivity index (χ2v) is 10.00. The molecule has 190 valence electrons. The molecule has 0 aliphatic carbocycles. The Morgan fingerprint density at radius 3 is 2.45 bits per heavy atom. The Morgan fingerprint density at radius 1 is 1.05 bits per heavy atom. The molecule has 0 atom stereocenters. The quantitative estimate of drug-likeness (QED) is 0.203. The zero-order valence-corrected chi connectivity index (χ0v) is 24.6. The molecule has 0 bridgehead atoms. The van der Waals surface area contributed by atoms with Gasteiger partial charge in [0.05, 0.1) is 28.5 Å². The van der Waals surface area contributed by atoms with Crippen molar-refractivity contribution in [2.24, 2.45) is 10.2 Å². The maximum atomic E-state index is 13.4. The number of carbonyl (C=O) groups is 1. The number of azo groups is 1. The molecule has 4 aromatic rings. The molecule has 4 rings (SSSR count). The minimum absolute atomic E-state index is 0. The molecule has 0 aliphatic rings. The summed E-state index contributed by atoms with van der Waals surface area (Å²) in [6.45, 7) is 1.49. The number of amides is 1. The standard InChI is InChI=1S/C25H19Cl2N3O6S.Na/c1-13-19(9-10-21(22(13)27)37(33,34)35)29-30-23-16-6-4-3-5-14(16)11-17(24(23)31)25(32)28-15-7-8-18(26)20(12-15)36-2;/h3-12,31H,1-2H3,(H,28,32)(H,33,34,35);/q;+1/p-1. The largest absolute Gasteiger partial charge is 1.00 e. The molecule has 0 radical (unpaired) electrons. The monoisotopic (exact) mass is 581 g/mol. The minimum atomic E-state index is -4.54. The van der Waals surface area contributed by atoms with E-state index in [-0.39, 0.29) is 57.1 Å². The van der Waals surface area contributed by atoms with Crippen molar-refractivity contribution < 1.29 is 57.2 Å². The van der Waals surface area contributed by atoms with Crippen molar-refractivity contribution in [1.29, 1.82) is 0 Å². The van der Waals surface area contributed by atoms with E-state index >= 15 is 0 Å². The molecule has 0 unspecified atom stereocenters. The minimum Gasteiger partial charge on any atom is -0.870 e. The predicted molar refractivity (Wildman–Crippen MR) is 140 cm³/mol. The van der Waals surface area contributed by atoms with E-state index in [9.17, 15) is 22.9 Å². The van der Waals surface area contributed by atoms with Crippen LogP contribution in [0, 0.1) is 6.92 Å². The summed E-state index contributed by atoms with van der Waals surface area (Å²) in [5.41, 5.74) is 0.502. The number of benzene rings is 4. The van der Waals surface area contributed by atoms with Crippen LogP contribution >= 0.6 is 23.2 Å². The van der Waals surface area contributed by atoms with Gasteiger partial charge in [-0.2, -0.15) is 18.6 Å². The topological polar surface area (TPSA) is 140 Å². The summed E-state index contributed by atoms with van der Waals surface area (Å²) >= 11 is 12.1. The van der Waals surface area contributed by atoms with Crippen LogP contribution in [0.15, 0.2) is 75.8 Å². The molecule has 0 saturated heterocycles. The van der Waals surface area contributed by atoms with Gasteiger partial charge in [-0.1, -0.05) is 53.2 Å². The number of carbonyl (C=O) groups excluding carboxylic acids is 1. The Bertz CT molecular complexity index is 1700. The van der Waals surface area contributed by atoms with Crippen molar-refractivity contribution >= 4 is 67.1 Å². The second kappa shape index (κ2) is 12.0. The zero-order valence-electron chi connectivity index (χ0n) is 20.3. The van der Waals surface area contributed by atoms with Crippen LogP contribution in [0.4, 0.5) is 17.1 Å². The molecule has 0 aliphatic heterocycles. The Hall–Kier alpha value is -2.70. The van der Waals surface area contributed by atoms with Crippen molar-refractivity contribution in [1.82, 2.24) is 0 Å². The van der Waals surface area contributed by atoms with Gasteiger partial charge in [0.15, 0.2) is 0 Å². The Labute approximate surface area is 250 Å². The van der Waals surface area contributed by atoms with Crippen LogP contribution in [0.25, 0.3) is 10.8 Å². The van der Waals surface area contributed by atoms with Gasteiger partial charge in [-0.05, 0) is 48.2 Å². The van der Waals surface area contributed by atoms with E-state index in [1.165, 1.54) is 32.2 Å². The first-order chi connectivity index (χ1) is 17.5. The third-order valence-electron chi connectivity index (χ3n) is 5.49. The van der Waals surface area contributed by atoms with Gasteiger partial charge < -0.3 is 15.2 Å². The number of hydrogen-bond donors (Lipinski definition) is 2. The maximum Gasteiger partial charge on any atom is 1.00 e. The van der Waals surface area contributed by atoms with Crippen LogP contribution < -0.4 is 44.7 Å². The van der Waals surface area contributed by atoms with E-state index in [4.69, 9.17) is 27.9 Å². The summed E-state index contributed by atoms with van der Waals surface area (Å²) in [4.78, 5) is 12.6. The number of methoxy groups -OCH3 is 1. The molecule has 0 heterocycles. The predicted octanol–water partition coefficient (Wildman–Crippen LogP) is 3.46. The Kier molecular flexibility index (Phi) is 9.43. The number of halogens is 2. The van der Waals surface area contributed by atoms with Crippen molar-refractivity contribution in [2.45, 2.75) is 11.8 Å². The van der Waals surface area contributed by atoms with E-state index in [1.807, 2.05) is 0 Å². The van der Waals surface area contributed by atoms with Crippen LogP contribution in [0.2, 0.25) is 10.0 Å². The number of nitrogens with zero attached hydrogens (tertiary/aromatic N) is 2. The van der Waals surface area contributed by atoms with Gasteiger partial charge in [-0.3, -0.25) is 9.35 Å². The molecule has 0 aromatic heterocycles. The summed E-state index contributed by atoms with van der Waals surface area (Å²) in [5, 5.41) is 25.4. The first-order valence-electron chi connectivity index (χ1n) is 10.6. The normalized spacial score (nSPS) is 11.4. The van der Waals surface area contributed by atoms with Gasteiger partial charge in [0.2, 0.25) is 0 Å². The van der Waals surface area contributed by atoms with Gasteiger partial charge in [-0.15, -0.1) is 0 Å². The van der Waals surface area contributed by atoms with Gasteiger partial charge in [0.25, 0.3) is 16.0 Å². The molecular formula is C25H18Cl2N3NaO6S.